The summed E-state index contributed by atoms with van der Waals surface area (Å²) in [5, 5.41) is 29.3. The third-order valence-electron chi connectivity index (χ3n) is 7.10. The highest BCUT2D eigenvalue weighted by Gasteiger charge is 2.38. The number of hydrogen-bond acceptors (Lipinski definition) is 8. The summed E-state index contributed by atoms with van der Waals surface area (Å²) in [7, 11) is -3.81. The minimum absolute atomic E-state index is 0.0344. The fourth-order valence-electron chi connectivity index (χ4n) is 4.67. The quantitative estimate of drug-likeness (QED) is 0.158. The van der Waals surface area contributed by atoms with Crippen LogP contribution >= 0.6 is 0 Å². The molecule has 1 heterocycles. The second-order valence-electron chi connectivity index (χ2n) is 12.0. The van der Waals surface area contributed by atoms with Crippen LogP contribution in [0.2, 0.25) is 0 Å². The van der Waals surface area contributed by atoms with Gasteiger partial charge in [0.15, 0.2) is 9.84 Å². The number of aliphatic hydroxyl groups is 2. The minimum atomic E-state index is -3.81. The van der Waals surface area contributed by atoms with Gasteiger partial charge in [-0.2, -0.15) is 0 Å². The average Bonchev–Trinajstić information content (AvgIpc) is 2.93. The summed E-state index contributed by atoms with van der Waals surface area (Å²) in [5.41, 5.74) is 0.154. The average molecular weight is 613 g/mol. The molecule has 1 aromatic heterocycles. The van der Waals surface area contributed by atoms with E-state index in [0.717, 1.165) is 0 Å². The van der Waals surface area contributed by atoms with E-state index in [1.165, 1.54) is 25.4 Å². The Morgan fingerprint density at radius 3 is 2.02 bits per heavy atom. The van der Waals surface area contributed by atoms with E-state index in [2.05, 4.69) is 20.9 Å². The number of pyridine rings is 1. The maximum atomic E-state index is 13.6. The van der Waals surface area contributed by atoms with Crippen LogP contribution in [0.25, 0.3) is 0 Å². The molecule has 5 atom stereocenters. The van der Waals surface area contributed by atoms with Gasteiger partial charge in [0, 0.05) is 18.9 Å². The Morgan fingerprint density at radius 1 is 0.905 bits per heavy atom. The van der Waals surface area contributed by atoms with Gasteiger partial charge in [-0.3, -0.25) is 19.4 Å². The van der Waals surface area contributed by atoms with Crippen LogP contribution in [-0.4, -0.2) is 83.2 Å². The molecule has 0 spiro atoms. The molecule has 5 N–H and O–H groups in total. The summed E-state index contributed by atoms with van der Waals surface area (Å²) in [5.74, 6) is -3.36. The zero-order valence-corrected chi connectivity index (χ0v) is 27.0. The Kier molecular flexibility index (Phi) is 16.2. The van der Waals surface area contributed by atoms with E-state index in [0.29, 0.717) is 32.2 Å². The topological polar surface area (TPSA) is 175 Å². The molecular formula is C30H52N4O7S. The van der Waals surface area contributed by atoms with Crippen molar-refractivity contribution in [1.29, 1.82) is 0 Å². The van der Waals surface area contributed by atoms with E-state index in [1.54, 1.807) is 6.07 Å². The van der Waals surface area contributed by atoms with Gasteiger partial charge in [-0.25, -0.2) is 8.42 Å². The third-order valence-corrected chi connectivity index (χ3v) is 9.38. The molecular weight excluding hydrogens is 560 g/mol. The van der Waals surface area contributed by atoms with Crippen LogP contribution in [0.3, 0.4) is 0 Å². The summed E-state index contributed by atoms with van der Waals surface area (Å²) in [6.45, 7) is 13.3. The second-order valence-corrected chi connectivity index (χ2v) is 14.3. The first-order valence-corrected chi connectivity index (χ1v) is 16.7. The van der Waals surface area contributed by atoms with Gasteiger partial charge in [0.1, 0.15) is 12.1 Å². The number of nitrogens with one attached hydrogen (secondary N) is 3. The highest BCUT2D eigenvalue weighted by atomic mass is 32.2. The van der Waals surface area contributed by atoms with Gasteiger partial charge in [0.2, 0.25) is 11.8 Å². The van der Waals surface area contributed by atoms with Crippen molar-refractivity contribution in [1.82, 2.24) is 20.9 Å². The van der Waals surface area contributed by atoms with Gasteiger partial charge in [-0.1, -0.05) is 61.3 Å². The van der Waals surface area contributed by atoms with Crippen molar-refractivity contribution in [3.8, 4) is 0 Å². The number of carbonyl (C=O) groups excluding carboxylic acids is 3. The summed E-state index contributed by atoms with van der Waals surface area (Å²) in [4.78, 5) is 43.1. The van der Waals surface area contributed by atoms with Gasteiger partial charge in [-0.05, 0) is 43.2 Å². The molecule has 0 fully saturated rings. The summed E-state index contributed by atoms with van der Waals surface area (Å²) in [6.07, 6.45) is 2.13. The number of nitrogens with zero attached hydrogens (tertiary/aromatic N) is 1. The summed E-state index contributed by atoms with van der Waals surface area (Å²) < 4.78 is 26.9. The molecule has 11 nitrogen and oxygen atoms in total. The van der Waals surface area contributed by atoms with Gasteiger partial charge in [0.25, 0.3) is 5.91 Å². The van der Waals surface area contributed by atoms with Crippen molar-refractivity contribution in [3.63, 3.8) is 0 Å². The van der Waals surface area contributed by atoms with Gasteiger partial charge >= 0.3 is 0 Å². The van der Waals surface area contributed by atoms with Crippen molar-refractivity contribution in [2.45, 2.75) is 110 Å². The van der Waals surface area contributed by atoms with E-state index in [-0.39, 0.29) is 23.8 Å². The van der Waals surface area contributed by atoms with Gasteiger partial charge < -0.3 is 26.2 Å². The number of aromatic nitrogens is 1. The van der Waals surface area contributed by atoms with E-state index in [9.17, 15) is 33.0 Å². The number of hydrogen-bond donors (Lipinski definition) is 5. The largest absolute Gasteiger partial charge is 0.390 e. The van der Waals surface area contributed by atoms with Gasteiger partial charge in [0.05, 0.1) is 34.6 Å². The lowest BCUT2D eigenvalue weighted by Crippen LogP contribution is -2.58. The molecule has 0 aliphatic carbocycles. The van der Waals surface area contributed by atoms with E-state index in [4.69, 9.17) is 0 Å². The molecule has 240 valence electrons. The Hall–Kier alpha value is -2.57. The Bertz CT molecular complexity index is 1080. The van der Waals surface area contributed by atoms with Crippen LogP contribution in [0.5, 0.6) is 0 Å². The first-order valence-electron chi connectivity index (χ1n) is 15.0. The zero-order valence-electron chi connectivity index (χ0n) is 26.2. The summed E-state index contributed by atoms with van der Waals surface area (Å²) in [6, 6.07) is 0.560. The molecule has 0 saturated heterocycles. The van der Waals surface area contributed by atoms with Crippen molar-refractivity contribution in [3.05, 3.63) is 30.1 Å². The number of aliphatic hydroxyl groups excluding tert-OH is 2. The van der Waals surface area contributed by atoms with E-state index >= 15 is 0 Å². The molecule has 0 aliphatic rings. The number of carbonyl (C=O) groups is 3. The number of rotatable bonds is 19. The number of amides is 3. The lowest BCUT2D eigenvalue weighted by molar-refractivity contribution is -0.133. The van der Waals surface area contributed by atoms with Crippen molar-refractivity contribution in [2.75, 3.05) is 12.3 Å². The smallest absolute Gasteiger partial charge is 0.253 e. The molecule has 1 rings (SSSR count). The molecule has 0 bridgehead atoms. The van der Waals surface area contributed by atoms with Crippen LogP contribution in [0, 0.1) is 17.8 Å². The molecule has 1 aromatic rings. The van der Waals surface area contributed by atoms with Crippen molar-refractivity contribution in [2.24, 2.45) is 17.8 Å². The SMILES string of the molecule is CCCC(CCC)S(=O)(=O)CC(NC(=O)c1cccnc1)C(=O)NC(CC(C)C)C(O)C(O)C(C)C(=O)NCC(C)C. The lowest BCUT2D eigenvalue weighted by atomic mass is 9.89. The molecule has 0 aromatic carbocycles. The zero-order chi connectivity index (χ0) is 32.0. The molecule has 12 heteroatoms. The van der Waals surface area contributed by atoms with E-state index in [1.807, 2.05) is 41.5 Å². The fourth-order valence-corrected chi connectivity index (χ4v) is 6.83. The Labute approximate surface area is 251 Å². The molecule has 3 amide bonds. The standard InChI is InChI=1S/C30H52N4O7S/c1-8-11-23(12-9-2)42(40,41)18-25(34-29(38)22-13-10-14-31-17-22)30(39)33-24(15-19(3)4)27(36)26(35)21(7)28(37)32-16-20(5)6/h10,13-14,17,19-21,23-27,35-36H,8-9,11-12,15-16,18H2,1-7H3,(H,32,37)(H,33,39)(H,34,38). The minimum Gasteiger partial charge on any atom is -0.390 e. The highest BCUT2D eigenvalue weighted by molar-refractivity contribution is 7.92. The molecule has 42 heavy (non-hydrogen) atoms. The molecule has 0 radical (unpaired) electrons. The first kappa shape index (κ1) is 37.5. The first-order chi connectivity index (χ1) is 19.6. The molecule has 5 unspecified atom stereocenters. The van der Waals surface area contributed by atoms with Crippen LogP contribution < -0.4 is 16.0 Å². The fraction of sp³-hybridized carbons (Fsp3) is 0.733. The monoisotopic (exact) mass is 612 g/mol. The molecule has 0 saturated carbocycles. The maximum Gasteiger partial charge on any atom is 0.253 e. The van der Waals surface area contributed by atoms with Crippen LogP contribution in [0.1, 0.15) is 90.9 Å². The Balaban J connectivity index is 3.29. The maximum absolute atomic E-state index is 13.6. The van der Waals surface area contributed by atoms with Crippen LogP contribution in [-0.2, 0) is 19.4 Å². The predicted molar refractivity (Wildman–Crippen MR) is 163 cm³/mol. The van der Waals surface area contributed by atoms with Crippen LogP contribution in [0.4, 0.5) is 0 Å². The third kappa shape index (κ3) is 12.3. The highest BCUT2D eigenvalue weighted by Crippen LogP contribution is 2.19. The van der Waals surface area contributed by atoms with E-state index < -0.39 is 68.8 Å². The van der Waals surface area contributed by atoms with Crippen LogP contribution in [0.15, 0.2) is 24.5 Å². The predicted octanol–water partition coefficient (Wildman–Crippen LogP) is 2.22. The second kappa shape index (κ2) is 18.2. The Morgan fingerprint density at radius 2 is 1.52 bits per heavy atom. The lowest BCUT2D eigenvalue weighted by Gasteiger charge is -2.32. The van der Waals surface area contributed by atoms with Crippen molar-refractivity contribution >= 4 is 27.6 Å². The normalized spacial score (nSPS) is 15.6. The number of sulfone groups is 1. The van der Waals surface area contributed by atoms with Crippen molar-refractivity contribution < 1.29 is 33.0 Å². The molecule has 0 aliphatic heterocycles. The van der Waals surface area contributed by atoms with Gasteiger partial charge in [-0.15, -0.1) is 0 Å². The summed E-state index contributed by atoms with van der Waals surface area (Å²) >= 11 is 0.